The van der Waals surface area contributed by atoms with Gasteiger partial charge >= 0.3 is 0 Å². The van der Waals surface area contributed by atoms with Crippen molar-refractivity contribution in [3.63, 3.8) is 0 Å². The third-order valence-corrected chi connectivity index (χ3v) is 7.86. The summed E-state index contributed by atoms with van der Waals surface area (Å²) in [4.78, 5) is 36.2. The zero-order chi connectivity index (χ0) is 24.9. The lowest BCUT2D eigenvalue weighted by Crippen LogP contribution is -2.52. The summed E-state index contributed by atoms with van der Waals surface area (Å²) >= 11 is 0. The fourth-order valence-electron chi connectivity index (χ4n) is 6.04. The summed E-state index contributed by atoms with van der Waals surface area (Å²) < 4.78 is 7.05. The molecule has 7 heteroatoms. The Morgan fingerprint density at radius 1 is 1.06 bits per heavy atom. The van der Waals surface area contributed by atoms with Crippen LogP contribution in [0.2, 0.25) is 0 Å². The summed E-state index contributed by atoms with van der Waals surface area (Å²) in [6.45, 7) is 4.50. The van der Waals surface area contributed by atoms with Gasteiger partial charge in [0.2, 0.25) is 0 Å². The van der Waals surface area contributed by atoms with Crippen LogP contribution in [0, 0.1) is 5.92 Å². The molecule has 36 heavy (non-hydrogen) atoms. The molecule has 0 radical (unpaired) electrons. The second-order valence-electron chi connectivity index (χ2n) is 10.1. The van der Waals surface area contributed by atoms with Crippen molar-refractivity contribution in [1.82, 2.24) is 19.4 Å². The molecule has 0 aliphatic carbocycles. The van der Waals surface area contributed by atoms with Gasteiger partial charge in [0.1, 0.15) is 0 Å². The molecular formula is C29H36N4O3. The molecule has 7 nitrogen and oxygen atoms in total. The Labute approximate surface area is 212 Å². The molecular weight excluding hydrogens is 452 g/mol. The number of carbonyl (C=O) groups excluding carboxylic acids is 1. The van der Waals surface area contributed by atoms with Crippen LogP contribution in [0.25, 0.3) is 10.8 Å². The van der Waals surface area contributed by atoms with Crippen LogP contribution in [-0.2, 0) is 11.3 Å². The molecule has 5 rings (SSSR count). The molecule has 2 saturated heterocycles. The lowest BCUT2D eigenvalue weighted by molar-refractivity contribution is 0.0316. The van der Waals surface area contributed by atoms with E-state index < -0.39 is 0 Å². The second-order valence-corrected chi connectivity index (χ2v) is 10.1. The van der Waals surface area contributed by atoms with E-state index in [0.29, 0.717) is 48.0 Å². The fourth-order valence-corrected chi connectivity index (χ4v) is 6.04. The molecule has 0 N–H and O–H groups in total. The SMILES string of the molecule is COCCN(CC1CCCN2CCCCC12)C(=O)c1cn(Cc2ccncc2)c(=O)c2ccccc12. The van der Waals surface area contributed by atoms with E-state index in [0.717, 1.165) is 18.5 Å². The van der Waals surface area contributed by atoms with Gasteiger partial charge in [0.15, 0.2) is 0 Å². The largest absolute Gasteiger partial charge is 0.383 e. The molecule has 1 amide bonds. The molecule has 0 bridgehead atoms. The van der Waals surface area contributed by atoms with Crippen LogP contribution in [0.5, 0.6) is 0 Å². The quantitative estimate of drug-likeness (QED) is 0.483. The number of carbonyl (C=O) groups is 1. The number of amides is 1. The number of methoxy groups -OCH3 is 1. The van der Waals surface area contributed by atoms with Gasteiger partial charge in [0, 0.05) is 55.6 Å². The average molecular weight is 489 g/mol. The number of pyridine rings is 2. The van der Waals surface area contributed by atoms with E-state index >= 15 is 0 Å². The Morgan fingerprint density at radius 2 is 1.83 bits per heavy atom. The Balaban J connectivity index is 1.49. The lowest BCUT2D eigenvalue weighted by atomic mass is 9.83. The van der Waals surface area contributed by atoms with Gasteiger partial charge in [-0.1, -0.05) is 24.6 Å². The molecule has 2 atom stereocenters. The van der Waals surface area contributed by atoms with E-state index in [9.17, 15) is 9.59 Å². The minimum atomic E-state index is -0.0902. The predicted molar refractivity (Wildman–Crippen MR) is 141 cm³/mol. The smallest absolute Gasteiger partial charge is 0.258 e. The summed E-state index contributed by atoms with van der Waals surface area (Å²) in [5, 5.41) is 1.28. The monoisotopic (exact) mass is 488 g/mol. The maximum absolute atomic E-state index is 14.1. The van der Waals surface area contributed by atoms with Crippen LogP contribution < -0.4 is 5.56 Å². The molecule has 2 aliphatic heterocycles. The Hall–Kier alpha value is -3.03. The first-order valence-electron chi connectivity index (χ1n) is 13.2. The van der Waals surface area contributed by atoms with Gasteiger partial charge in [0.05, 0.1) is 18.7 Å². The lowest BCUT2D eigenvalue weighted by Gasteiger charge is -2.45. The average Bonchev–Trinajstić information content (AvgIpc) is 2.93. The topological polar surface area (TPSA) is 67.7 Å². The number of hydrogen-bond donors (Lipinski definition) is 0. The van der Waals surface area contributed by atoms with E-state index in [4.69, 9.17) is 4.74 Å². The standard InChI is InChI=1S/C29H36N4O3/c1-36-18-17-32(20-23-7-6-16-31-15-5-4-10-27(23)31)29(35)26-21-33(19-22-11-13-30-14-12-22)28(34)25-9-3-2-8-24(25)26/h2-3,8-9,11-14,21,23,27H,4-7,10,15-20H2,1H3. The minimum Gasteiger partial charge on any atom is -0.383 e. The van der Waals surface area contributed by atoms with Gasteiger partial charge in [0.25, 0.3) is 11.5 Å². The second kappa shape index (κ2) is 11.4. The molecule has 1 aromatic carbocycles. The molecule has 190 valence electrons. The highest BCUT2D eigenvalue weighted by Crippen LogP contribution is 2.32. The third-order valence-electron chi connectivity index (χ3n) is 7.86. The maximum atomic E-state index is 14.1. The van der Waals surface area contributed by atoms with Crippen molar-refractivity contribution in [3.8, 4) is 0 Å². The van der Waals surface area contributed by atoms with Crippen LogP contribution in [-0.4, -0.2) is 71.2 Å². The Kier molecular flexibility index (Phi) is 7.78. The van der Waals surface area contributed by atoms with Crippen molar-refractivity contribution < 1.29 is 9.53 Å². The predicted octanol–water partition coefficient (Wildman–Crippen LogP) is 3.80. The van der Waals surface area contributed by atoms with Crippen molar-refractivity contribution in [3.05, 3.63) is 76.5 Å². The van der Waals surface area contributed by atoms with E-state index in [1.807, 2.05) is 41.3 Å². The third kappa shape index (κ3) is 5.22. The highest BCUT2D eigenvalue weighted by molar-refractivity contribution is 6.06. The maximum Gasteiger partial charge on any atom is 0.258 e. The fraction of sp³-hybridized carbons (Fsp3) is 0.483. The Bertz CT molecular complexity index is 1240. The highest BCUT2D eigenvalue weighted by Gasteiger charge is 2.35. The summed E-state index contributed by atoms with van der Waals surface area (Å²) in [6, 6.07) is 11.8. The molecule has 2 unspecified atom stereocenters. The summed E-state index contributed by atoms with van der Waals surface area (Å²) in [6.07, 6.45) is 11.3. The first-order valence-corrected chi connectivity index (χ1v) is 13.2. The summed E-state index contributed by atoms with van der Waals surface area (Å²) in [5.74, 6) is 0.438. The van der Waals surface area contributed by atoms with Crippen molar-refractivity contribution >= 4 is 16.7 Å². The highest BCUT2D eigenvalue weighted by atomic mass is 16.5. The molecule has 3 aromatic rings. The molecule has 2 fully saturated rings. The van der Waals surface area contributed by atoms with Crippen molar-refractivity contribution in [2.75, 3.05) is 39.9 Å². The number of ether oxygens (including phenoxy) is 1. The number of hydrogen-bond acceptors (Lipinski definition) is 5. The van der Waals surface area contributed by atoms with Crippen LogP contribution in [0.3, 0.4) is 0 Å². The van der Waals surface area contributed by atoms with Crippen molar-refractivity contribution in [2.45, 2.75) is 44.7 Å². The van der Waals surface area contributed by atoms with Gasteiger partial charge in [-0.15, -0.1) is 0 Å². The van der Waals surface area contributed by atoms with Crippen molar-refractivity contribution in [2.24, 2.45) is 5.92 Å². The van der Waals surface area contributed by atoms with Gasteiger partial charge in [-0.25, -0.2) is 0 Å². The normalized spacial score (nSPS) is 20.2. The number of rotatable bonds is 8. The van der Waals surface area contributed by atoms with E-state index in [-0.39, 0.29) is 11.5 Å². The van der Waals surface area contributed by atoms with E-state index in [2.05, 4.69) is 9.88 Å². The molecule has 2 aromatic heterocycles. The summed E-state index contributed by atoms with van der Waals surface area (Å²) in [5.41, 5.74) is 1.45. The van der Waals surface area contributed by atoms with Crippen LogP contribution in [0.15, 0.2) is 59.8 Å². The van der Waals surface area contributed by atoms with Gasteiger partial charge in [-0.2, -0.15) is 0 Å². The molecule has 0 spiro atoms. The van der Waals surface area contributed by atoms with Gasteiger partial charge < -0.3 is 19.1 Å². The zero-order valence-corrected chi connectivity index (χ0v) is 21.1. The van der Waals surface area contributed by atoms with E-state index in [1.165, 1.54) is 38.8 Å². The molecule has 4 heterocycles. The number of nitrogens with zero attached hydrogens (tertiary/aromatic N) is 4. The zero-order valence-electron chi connectivity index (χ0n) is 21.1. The minimum absolute atomic E-state index is 0.0281. The Morgan fingerprint density at radius 3 is 2.64 bits per heavy atom. The number of benzene rings is 1. The summed E-state index contributed by atoms with van der Waals surface area (Å²) in [7, 11) is 1.68. The molecule has 0 saturated carbocycles. The number of aromatic nitrogens is 2. The van der Waals surface area contributed by atoms with Crippen molar-refractivity contribution in [1.29, 1.82) is 0 Å². The molecule has 2 aliphatic rings. The van der Waals surface area contributed by atoms with Crippen LogP contribution >= 0.6 is 0 Å². The van der Waals surface area contributed by atoms with Gasteiger partial charge in [-0.3, -0.25) is 14.6 Å². The van der Waals surface area contributed by atoms with Gasteiger partial charge in [-0.05, 0) is 68.5 Å². The van der Waals surface area contributed by atoms with Crippen LogP contribution in [0.1, 0.15) is 48.0 Å². The number of fused-ring (bicyclic) bond motifs is 2. The first kappa shape index (κ1) is 24.7. The van der Waals surface area contributed by atoms with Crippen LogP contribution in [0.4, 0.5) is 0 Å². The van der Waals surface area contributed by atoms with E-state index in [1.54, 1.807) is 30.3 Å². The first-order chi connectivity index (χ1) is 17.7. The number of piperidine rings is 2.